The molecule has 0 aliphatic heterocycles. The van der Waals surface area contributed by atoms with Crippen molar-refractivity contribution in [1.29, 1.82) is 0 Å². The molecule has 0 fully saturated rings. The molecule has 5 N–H and O–H groups in total. The Morgan fingerprint density at radius 1 is 1.77 bits per heavy atom. The van der Waals surface area contributed by atoms with Gasteiger partial charge in [0.15, 0.2) is 6.04 Å². The molecule has 1 unspecified atom stereocenters. The van der Waals surface area contributed by atoms with Gasteiger partial charge in [-0.25, -0.2) is 0 Å². The molecule has 0 bridgehead atoms. The molecule has 0 aliphatic carbocycles. The molecule has 7 heteroatoms. The predicted molar refractivity (Wildman–Crippen MR) is 45.5 cm³/mol. The first-order valence-electron chi connectivity index (χ1n) is 3.67. The van der Waals surface area contributed by atoms with Crippen molar-refractivity contribution in [2.24, 2.45) is 5.73 Å². The largest absolute Gasteiger partial charge is 0.410 e. The first-order chi connectivity index (χ1) is 6.09. The van der Waals surface area contributed by atoms with Gasteiger partial charge in [0.2, 0.25) is 5.91 Å². The maximum atomic E-state index is 10.4. The van der Waals surface area contributed by atoms with Gasteiger partial charge >= 0.3 is 0 Å². The lowest BCUT2D eigenvalue weighted by Gasteiger charge is -1.91. The number of carbonyl (C=O) groups is 1. The van der Waals surface area contributed by atoms with E-state index in [0.717, 1.165) is 11.8 Å². The van der Waals surface area contributed by atoms with Crippen molar-refractivity contribution in [1.82, 2.24) is 10.2 Å². The van der Waals surface area contributed by atoms with E-state index in [-0.39, 0.29) is 11.8 Å². The van der Waals surface area contributed by atoms with E-state index in [1.807, 2.05) is 6.92 Å². The minimum atomic E-state index is -0.410. The van der Waals surface area contributed by atoms with Crippen LogP contribution in [0.5, 0.6) is 0 Å². The van der Waals surface area contributed by atoms with E-state index in [4.69, 9.17) is 10.2 Å². The van der Waals surface area contributed by atoms with Crippen LogP contribution < -0.4 is 11.5 Å². The maximum absolute atomic E-state index is 10.4. The molecule has 1 atom stereocenters. The summed E-state index contributed by atoms with van der Waals surface area (Å²) in [5.74, 6) is 0.201. The second-order valence-electron chi connectivity index (χ2n) is 2.56. The van der Waals surface area contributed by atoms with Crippen LogP contribution in [0.2, 0.25) is 0 Å². The molecule has 1 heterocycles. The number of thioether (sulfide) groups is 1. The minimum absolute atomic E-state index is 0.0459. The number of hydrogen-bond acceptors (Lipinski definition) is 5. The normalized spacial score (nSPS) is 12.8. The Hall–Kier alpha value is -1.08. The lowest BCUT2D eigenvalue weighted by atomic mass is 10.4. The number of nitrogens with zero attached hydrogens (tertiary/aromatic N) is 2. The summed E-state index contributed by atoms with van der Waals surface area (Å²) in [6.45, 7) is 1.84. The zero-order valence-electron chi connectivity index (χ0n) is 7.19. The van der Waals surface area contributed by atoms with Crippen molar-refractivity contribution >= 4 is 17.7 Å². The number of nitrogens with two attached hydrogens (primary N) is 1. The second-order valence-corrected chi connectivity index (χ2v) is 3.49. The van der Waals surface area contributed by atoms with Crippen LogP contribution in [-0.4, -0.2) is 21.9 Å². The van der Waals surface area contributed by atoms with Crippen LogP contribution in [-0.2, 0) is 4.79 Å². The lowest BCUT2D eigenvalue weighted by molar-refractivity contribution is -0.425. The number of aromatic nitrogens is 2. The average molecular weight is 203 g/mol. The summed E-state index contributed by atoms with van der Waals surface area (Å²) in [5.41, 5.74) is 8.67. The molecule has 0 saturated carbocycles. The van der Waals surface area contributed by atoms with E-state index < -0.39 is 5.91 Å². The summed E-state index contributed by atoms with van der Waals surface area (Å²) in [6.07, 6.45) is 0. The summed E-state index contributed by atoms with van der Waals surface area (Å²) in [6, 6.07) is -0.0459. The van der Waals surface area contributed by atoms with E-state index in [9.17, 15) is 4.79 Å². The van der Waals surface area contributed by atoms with Gasteiger partial charge in [-0.1, -0.05) is 11.8 Å². The van der Waals surface area contributed by atoms with Crippen molar-refractivity contribution in [2.75, 3.05) is 5.75 Å². The zero-order chi connectivity index (χ0) is 9.84. The fourth-order valence-corrected chi connectivity index (χ4v) is 1.12. The van der Waals surface area contributed by atoms with Gasteiger partial charge in [0.1, 0.15) is 0 Å². The molecule has 1 amide bonds. The number of hydrogen-bond donors (Lipinski definition) is 2. The SMILES string of the molecule is CC([NH3+])c1nnc(SCC(N)=O)o1. The highest BCUT2D eigenvalue weighted by Crippen LogP contribution is 2.16. The Bertz CT molecular complexity index is 299. The van der Waals surface area contributed by atoms with Crippen LogP contribution in [0.3, 0.4) is 0 Å². The smallest absolute Gasteiger partial charge is 0.277 e. The second kappa shape index (κ2) is 4.24. The summed E-state index contributed by atoms with van der Waals surface area (Å²) >= 11 is 1.12. The zero-order valence-corrected chi connectivity index (χ0v) is 8.00. The fourth-order valence-electron chi connectivity index (χ4n) is 0.611. The molecular formula is C6H11N4O2S+. The van der Waals surface area contributed by atoms with Crippen molar-refractivity contribution in [2.45, 2.75) is 18.2 Å². The quantitative estimate of drug-likeness (QED) is 0.607. The summed E-state index contributed by atoms with van der Waals surface area (Å²) < 4.78 is 5.17. The molecule has 1 aromatic rings. The van der Waals surface area contributed by atoms with Gasteiger partial charge in [-0.3, -0.25) is 4.79 Å². The van der Waals surface area contributed by atoms with Crippen molar-refractivity contribution < 1.29 is 14.9 Å². The van der Waals surface area contributed by atoms with Crippen LogP contribution in [0.15, 0.2) is 9.64 Å². The summed E-state index contributed by atoms with van der Waals surface area (Å²) in [5, 5.41) is 7.80. The third-order valence-electron chi connectivity index (χ3n) is 1.18. The molecule has 1 aromatic heterocycles. The molecule has 0 aliphatic rings. The summed E-state index contributed by atoms with van der Waals surface area (Å²) in [4.78, 5) is 10.4. The maximum Gasteiger partial charge on any atom is 0.277 e. The number of amides is 1. The van der Waals surface area contributed by atoms with Crippen LogP contribution >= 0.6 is 11.8 Å². The van der Waals surface area contributed by atoms with Crippen molar-refractivity contribution in [3.8, 4) is 0 Å². The third kappa shape index (κ3) is 3.03. The van der Waals surface area contributed by atoms with Gasteiger partial charge in [0.25, 0.3) is 11.1 Å². The Morgan fingerprint density at radius 2 is 2.46 bits per heavy atom. The standard InChI is InChI=1S/C6H10N4O2S/c1-3(7)5-9-10-6(12-5)13-2-4(8)11/h3H,2,7H2,1H3,(H2,8,11)/p+1. The van der Waals surface area contributed by atoms with Gasteiger partial charge in [-0.15, -0.1) is 10.2 Å². The highest BCUT2D eigenvalue weighted by Gasteiger charge is 2.12. The third-order valence-corrected chi connectivity index (χ3v) is 2.02. The molecule has 0 aromatic carbocycles. The van der Waals surface area contributed by atoms with Gasteiger partial charge in [0.05, 0.1) is 5.75 Å². The Labute approximate surface area is 79.1 Å². The van der Waals surface area contributed by atoms with E-state index in [0.29, 0.717) is 11.1 Å². The van der Waals surface area contributed by atoms with E-state index in [1.54, 1.807) is 0 Å². The molecule has 6 nitrogen and oxygen atoms in total. The van der Waals surface area contributed by atoms with Gasteiger partial charge in [0, 0.05) is 0 Å². The predicted octanol–water partition coefficient (Wildman–Crippen LogP) is -1.05. The molecule has 0 radical (unpaired) electrons. The van der Waals surface area contributed by atoms with Crippen LogP contribution in [0, 0.1) is 0 Å². The number of carbonyl (C=O) groups excluding carboxylic acids is 1. The Kier molecular flexibility index (Phi) is 3.26. The van der Waals surface area contributed by atoms with Gasteiger partial charge < -0.3 is 15.9 Å². The highest BCUT2D eigenvalue weighted by molar-refractivity contribution is 7.99. The van der Waals surface area contributed by atoms with Crippen molar-refractivity contribution in [3.63, 3.8) is 0 Å². The Balaban J connectivity index is 2.54. The average Bonchev–Trinajstić information content (AvgIpc) is 2.48. The number of rotatable bonds is 4. The van der Waals surface area contributed by atoms with Crippen LogP contribution in [0.1, 0.15) is 18.9 Å². The topological polar surface area (TPSA) is 110 Å². The highest BCUT2D eigenvalue weighted by atomic mass is 32.2. The molecular weight excluding hydrogens is 192 g/mol. The minimum Gasteiger partial charge on any atom is -0.410 e. The molecule has 0 spiro atoms. The molecule has 72 valence electrons. The van der Waals surface area contributed by atoms with Crippen LogP contribution in [0.4, 0.5) is 0 Å². The van der Waals surface area contributed by atoms with E-state index in [1.165, 1.54) is 0 Å². The molecule has 13 heavy (non-hydrogen) atoms. The number of primary amides is 1. The molecule has 0 saturated heterocycles. The monoisotopic (exact) mass is 203 g/mol. The fraction of sp³-hybridized carbons (Fsp3) is 0.500. The van der Waals surface area contributed by atoms with Gasteiger partial charge in [-0.05, 0) is 6.92 Å². The first-order valence-corrected chi connectivity index (χ1v) is 4.65. The van der Waals surface area contributed by atoms with Crippen LogP contribution in [0.25, 0.3) is 0 Å². The van der Waals surface area contributed by atoms with Crippen molar-refractivity contribution in [3.05, 3.63) is 5.89 Å². The Morgan fingerprint density at radius 3 is 2.92 bits per heavy atom. The number of quaternary nitrogens is 1. The van der Waals surface area contributed by atoms with E-state index >= 15 is 0 Å². The summed E-state index contributed by atoms with van der Waals surface area (Å²) in [7, 11) is 0. The van der Waals surface area contributed by atoms with E-state index in [2.05, 4.69) is 15.9 Å². The lowest BCUT2D eigenvalue weighted by Crippen LogP contribution is -2.51. The first kappa shape index (κ1) is 10.0. The van der Waals surface area contributed by atoms with Gasteiger partial charge in [-0.2, -0.15) is 0 Å². The molecule has 1 rings (SSSR count).